The zero-order valence-corrected chi connectivity index (χ0v) is 14.7. The van der Waals surface area contributed by atoms with Crippen molar-refractivity contribution in [1.82, 2.24) is 0 Å². The Kier molecular flexibility index (Phi) is 6.82. The van der Waals surface area contributed by atoms with Gasteiger partial charge >= 0.3 is 0 Å². The molecule has 0 saturated carbocycles. The van der Waals surface area contributed by atoms with Gasteiger partial charge in [0, 0.05) is 24.8 Å². The predicted octanol–water partition coefficient (Wildman–Crippen LogP) is 4.03. The zero-order chi connectivity index (χ0) is 17.5. The molecule has 1 N–H and O–H groups in total. The molecule has 128 valence electrons. The van der Waals surface area contributed by atoms with Crippen LogP contribution in [0.25, 0.3) is 5.57 Å². The van der Waals surface area contributed by atoms with Crippen LogP contribution in [0.15, 0.2) is 48.5 Å². The summed E-state index contributed by atoms with van der Waals surface area (Å²) in [5, 5.41) is 10.6. The van der Waals surface area contributed by atoms with Crippen molar-refractivity contribution in [1.29, 1.82) is 0 Å². The second-order valence-corrected chi connectivity index (χ2v) is 5.70. The molecule has 0 amide bonds. The lowest BCUT2D eigenvalue weighted by Crippen LogP contribution is -2.07. The van der Waals surface area contributed by atoms with Crippen LogP contribution >= 0.6 is 11.6 Å². The fourth-order valence-corrected chi connectivity index (χ4v) is 2.41. The zero-order valence-electron chi connectivity index (χ0n) is 14.0. The number of aliphatic hydroxyl groups is 1. The van der Waals surface area contributed by atoms with Gasteiger partial charge in [0.25, 0.3) is 0 Å². The van der Waals surface area contributed by atoms with Crippen LogP contribution < -0.4 is 4.74 Å². The minimum Gasteiger partial charge on any atom is -0.467 e. The fourth-order valence-electron chi connectivity index (χ4n) is 2.28. The Morgan fingerprint density at radius 2 is 1.88 bits per heavy atom. The van der Waals surface area contributed by atoms with Crippen molar-refractivity contribution in [2.75, 3.05) is 21.0 Å². The van der Waals surface area contributed by atoms with Crippen molar-refractivity contribution >= 4 is 17.2 Å². The van der Waals surface area contributed by atoms with Crippen LogP contribution in [0, 0.1) is 6.92 Å². The molecule has 0 bridgehead atoms. The van der Waals surface area contributed by atoms with Gasteiger partial charge in [0.1, 0.15) is 5.75 Å². The van der Waals surface area contributed by atoms with E-state index in [9.17, 15) is 5.11 Å². The Bertz CT molecular complexity index is 695. The normalized spacial score (nSPS) is 13.0. The van der Waals surface area contributed by atoms with E-state index in [1.165, 1.54) is 7.11 Å². The molecule has 24 heavy (non-hydrogen) atoms. The molecule has 2 rings (SSSR count). The first-order chi connectivity index (χ1) is 11.5. The van der Waals surface area contributed by atoms with Crippen LogP contribution in [0.5, 0.6) is 5.75 Å². The van der Waals surface area contributed by atoms with Gasteiger partial charge in [-0.1, -0.05) is 35.4 Å². The molecule has 1 unspecified atom stereocenters. The maximum Gasteiger partial charge on any atom is 0.188 e. The van der Waals surface area contributed by atoms with Gasteiger partial charge in [-0.3, -0.25) is 0 Å². The highest BCUT2D eigenvalue weighted by Gasteiger charge is 2.14. The summed E-state index contributed by atoms with van der Waals surface area (Å²) in [5.74, 6) is 0.659. The first kappa shape index (κ1) is 18.5. The van der Waals surface area contributed by atoms with Crippen LogP contribution in [-0.2, 0) is 9.47 Å². The van der Waals surface area contributed by atoms with Crippen molar-refractivity contribution in [2.24, 2.45) is 0 Å². The Labute approximate surface area is 147 Å². The van der Waals surface area contributed by atoms with Crippen LogP contribution in [-0.4, -0.2) is 32.4 Å². The average Bonchev–Trinajstić information content (AvgIpc) is 2.59. The van der Waals surface area contributed by atoms with E-state index in [2.05, 4.69) is 0 Å². The number of methoxy groups -OCH3 is 2. The summed E-state index contributed by atoms with van der Waals surface area (Å²) in [6.45, 7) is 2.13. The van der Waals surface area contributed by atoms with Crippen LogP contribution in [0.1, 0.15) is 16.7 Å². The van der Waals surface area contributed by atoms with Gasteiger partial charge in [0.15, 0.2) is 13.1 Å². The number of benzene rings is 2. The van der Waals surface area contributed by atoms with Gasteiger partial charge in [0.05, 0.1) is 0 Å². The molecule has 2 aromatic rings. The molecule has 4 nitrogen and oxygen atoms in total. The van der Waals surface area contributed by atoms with Gasteiger partial charge in [-0.25, -0.2) is 0 Å². The smallest absolute Gasteiger partial charge is 0.188 e. The third-order valence-corrected chi connectivity index (χ3v) is 3.72. The third-order valence-electron chi connectivity index (χ3n) is 3.46. The molecular formula is C19H21ClO4. The highest BCUT2D eigenvalue weighted by atomic mass is 35.5. The van der Waals surface area contributed by atoms with Gasteiger partial charge in [-0.15, -0.1) is 0 Å². The van der Waals surface area contributed by atoms with E-state index in [-0.39, 0.29) is 6.79 Å². The Morgan fingerprint density at radius 1 is 1.17 bits per heavy atom. The van der Waals surface area contributed by atoms with Gasteiger partial charge in [0.2, 0.25) is 0 Å². The SMILES string of the molecule is COCOc1ccc(C)cc1/C(=C/C(O)OC)c1ccc(Cl)cc1. The first-order valence-corrected chi connectivity index (χ1v) is 7.84. The number of ether oxygens (including phenoxy) is 3. The molecule has 5 heteroatoms. The predicted molar refractivity (Wildman–Crippen MR) is 95.2 cm³/mol. The second kappa shape index (κ2) is 8.85. The number of rotatable bonds is 7. The lowest BCUT2D eigenvalue weighted by atomic mass is 9.95. The number of halogens is 1. The number of aryl methyl sites for hydroxylation is 1. The quantitative estimate of drug-likeness (QED) is 0.767. The molecule has 0 aliphatic carbocycles. The summed E-state index contributed by atoms with van der Waals surface area (Å²) in [5.41, 5.74) is 3.59. The van der Waals surface area contributed by atoms with Gasteiger partial charge < -0.3 is 19.3 Å². The van der Waals surface area contributed by atoms with Gasteiger partial charge in [-0.05, 0) is 48.4 Å². The molecule has 0 aliphatic rings. The first-order valence-electron chi connectivity index (χ1n) is 7.46. The largest absolute Gasteiger partial charge is 0.467 e. The van der Waals surface area contributed by atoms with E-state index in [1.54, 1.807) is 25.3 Å². The van der Waals surface area contributed by atoms with Crippen molar-refractivity contribution in [2.45, 2.75) is 13.2 Å². The van der Waals surface area contributed by atoms with Crippen molar-refractivity contribution < 1.29 is 19.3 Å². The Morgan fingerprint density at radius 3 is 2.50 bits per heavy atom. The number of hydrogen-bond donors (Lipinski definition) is 1. The molecule has 0 fully saturated rings. The van der Waals surface area contributed by atoms with Crippen LogP contribution in [0.4, 0.5) is 0 Å². The highest BCUT2D eigenvalue weighted by Crippen LogP contribution is 2.33. The number of hydrogen-bond acceptors (Lipinski definition) is 4. The standard InChI is InChI=1S/C19H21ClO4/c1-13-4-9-18(24-12-22-2)17(10-13)16(11-19(21)23-3)14-5-7-15(20)8-6-14/h4-11,19,21H,12H2,1-3H3/b16-11+. The molecule has 0 aliphatic heterocycles. The second-order valence-electron chi connectivity index (χ2n) is 5.26. The van der Waals surface area contributed by atoms with Crippen molar-refractivity contribution in [3.63, 3.8) is 0 Å². The maximum absolute atomic E-state index is 9.95. The summed E-state index contributed by atoms with van der Waals surface area (Å²) in [7, 11) is 3.01. The molecule has 0 aromatic heterocycles. The molecule has 0 spiro atoms. The molecular weight excluding hydrogens is 328 g/mol. The van der Waals surface area contributed by atoms with E-state index < -0.39 is 6.29 Å². The monoisotopic (exact) mass is 348 g/mol. The summed E-state index contributed by atoms with van der Waals surface area (Å²) < 4.78 is 15.7. The summed E-state index contributed by atoms with van der Waals surface area (Å²) >= 11 is 5.99. The van der Waals surface area contributed by atoms with Crippen molar-refractivity contribution in [3.05, 3.63) is 70.3 Å². The van der Waals surface area contributed by atoms with E-state index in [1.807, 2.05) is 37.3 Å². The Balaban J connectivity index is 2.56. The summed E-state index contributed by atoms with van der Waals surface area (Å²) in [6, 6.07) is 13.2. The maximum atomic E-state index is 9.95. The highest BCUT2D eigenvalue weighted by molar-refractivity contribution is 6.30. The van der Waals surface area contributed by atoms with E-state index >= 15 is 0 Å². The van der Waals surface area contributed by atoms with Crippen LogP contribution in [0.3, 0.4) is 0 Å². The lowest BCUT2D eigenvalue weighted by Gasteiger charge is -2.16. The third kappa shape index (κ3) is 4.82. The summed E-state index contributed by atoms with van der Waals surface area (Å²) in [6.07, 6.45) is 0.601. The average molecular weight is 349 g/mol. The van der Waals surface area contributed by atoms with E-state index in [0.717, 1.165) is 22.3 Å². The molecule has 0 heterocycles. The minimum atomic E-state index is -1.04. The van der Waals surface area contributed by atoms with E-state index in [0.29, 0.717) is 10.8 Å². The number of aliphatic hydroxyl groups excluding tert-OH is 1. The topological polar surface area (TPSA) is 47.9 Å². The summed E-state index contributed by atoms with van der Waals surface area (Å²) in [4.78, 5) is 0. The molecule has 0 saturated heterocycles. The molecule has 2 aromatic carbocycles. The van der Waals surface area contributed by atoms with E-state index in [4.69, 9.17) is 25.8 Å². The molecule has 0 radical (unpaired) electrons. The van der Waals surface area contributed by atoms with Gasteiger partial charge in [-0.2, -0.15) is 0 Å². The van der Waals surface area contributed by atoms with Crippen molar-refractivity contribution in [3.8, 4) is 5.75 Å². The minimum absolute atomic E-state index is 0.136. The lowest BCUT2D eigenvalue weighted by molar-refractivity contribution is -0.0352. The fraction of sp³-hybridized carbons (Fsp3) is 0.263. The van der Waals surface area contributed by atoms with Crippen LogP contribution in [0.2, 0.25) is 5.02 Å². The molecule has 1 atom stereocenters. The Hall–Kier alpha value is -1.85.